The van der Waals surface area contributed by atoms with Gasteiger partial charge in [-0.1, -0.05) is 6.92 Å². The number of carbonyl (C=O) groups excluding carboxylic acids is 2. The van der Waals surface area contributed by atoms with E-state index in [1.807, 2.05) is 6.92 Å². The highest BCUT2D eigenvalue weighted by molar-refractivity contribution is 5.92. The second-order valence-corrected chi connectivity index (χ2v) is 7.18. The van der Waals surface area contributed by atoms with Crippen molar-refractivity contribution in [3.63, 3.8) is 0 Å². The molecule has 5 heteroatoms. The van der Waals surface area contributed by atoms with E-state index in [0.717, 1.165) is 12.0 Å². The fraction of sp³-hybridized carbons (Fsp3) is 0.556. The molecule has 1 spiro atoms. The second kappa shape index (κ2) is 4.81. The minimum atomic E-state index is -1.09. The summed E-state index contributed by atoms with van der Waals surface area (Å²) in [4.78, 5) is 24.8. The number of allylic oxidation sites excluding steroid dienone is 1. The summed E-state index contributed by atoms with van der Waals surface area (Å²) in [6.45, 7) is 2.03. The van der Waals surface area contributed by atoms with Crippen molar-refractivity contribution in [3.05, 3.63) is 36.3 Å². The van der Waals surface area contributed by atoms with Gasteiger partial charge in [0.2, 0.25) is 0 Å². The van der Waals surface area contributed by atoms with E-state index in [1.165, 1.54) is 6.08 Å². The van der Waals surface area contributed by atoms with Gasteiger partial charge in [0.1, 0.15) is 6.10 Å². The van der Waals surface area contributed by atoms with Crippen LogP contribution in [0.5, 0.6) is 0 Å². The molecule has 0 unspecified atom stereocenters. The van der Waals surface area contributed by atoms with Gasteiger partial charge >= 0.3 is 5.97 Å². The van der Waals surface area contributed by atoms with Gasteiger partial charge in [-0.2, -0.15) is 0 Å². The Hall–Kier alpha value is -1.88. The van der Waals surface area contributed by atoms with Gasteiger partial charge in [0.15, 0.2) is 5.78 Å². The third kappa shape index (κ3) is 1.96. The summed E-state index contributed by atoms with van der Waals surface area (Å²) in [5.74, 6) is -0.674. The zero-order valence-corrected chi connectivity index (χ0v) is 13.0. The molecule has 1 N–H and O–H groups in total. The highest BCUT2D eigenvalue weighted by Crippen LogP contribution is 2.61. The third-order valence-corrected chi connectivity index (χ3v) is 6.11. The number of rotatable bonds is 1. The fourth-order valence-corrected chi connectivity index (χ4v) is 4.74. The smallest absolute Gasteiger partial charge is 0.313 e. The van der Waals surface area contributed by atoms with Gasteiger partial charge < -0.3 is 14.3 Å². The summed E-state index contributed by atoms with van der Waals surface area (Å²) in [6.07, 6.45) is 7.82. The largest absolute Gasteiger partial charge is 0.472 e. The van der Waals surface area contributed by atoms with Gasteiger partial charge in [-0.15, -0.1) is 0 Å². The maximum atomic E-state index is 12.9. The number of hydrogen-bond donors (Lipinski definition) is 1. The van der Waals surface area contributed by atoms with E-state index < -0.39 is 16.9 Å². The Balaban J connectivity index is 1.76. The predicted octanol–water partition coefficient (Wildman–Crippen LogP) is 2.56. The van der Waals surface area contributed by atoms with Gasteiger partial charge in [-0.3, -0.25) is 9.59 Å². The Bertz CT molecular complexity index is 676. The molecule has 0 radical (unpaired) electrons. The van der Waals surface area contributed by atoms with Crippen molar-refractivity contribution in [2.75, 3.05) is 0 Å². The molecule has 2 aliphatic carbocycles. The quantitative estimate of drug-likeness (QED) is 0.806. The summed E-state index contributed by atoms with van der Waals surface area (Å²) in [5, 5.41) is 11.0. The average molecular weight is 316 g/mol. The molecule has 2 heterocycles. The number of hydrogen-bond acceptors (Lipinski definition) is 5. The summed E-state index contributed by atoms with van der Waals surface area (Å²) < 4.78 is 10.8. The SMILES string of the molecule is C[C@@H]1CC[C@]2(O)C=CC(=O)C[C@@H]2[C@@]12C[C@H](c1ccoc1)OC2=O. The highest BCUT2D eigenvalue weighted by Gasteiger charge is 2.65. The number of carbonyl (C=O) groups is 2. The predicted molar refractivity (Wildman–Crippen MR) is 80.2 cm³/mol. The second-order valence-electron chi connectivity index (χ2n) is 7.18. The van der Waals surface area contributed by atoms with Crippen LogP contribution in [0.3, 0.4) is 0 Å². The van der Waals surface area contributed by atoms with Crippen LogP contribution in [-0.2, 0) is 14.3 Å². The Labute approximate surface area is 134 Å². The first-order chi connectivity index (χ1) is 11.0. The summed E-state index contributed by atoms with van der Waals surface area (Å²) in [7, 11) is 0. The van der Waals surface area contributed by atoms with Crippen LogP contribution in [-0.4, -0.2) is 22.5 Å². The Kier molecular flexibility index (Phi) is 3.07. The van der Waals surface area contributed by atoms with Crippen molar-refractivity contribution in [1.29, 1.82) is 0 Å². The van der Waals surface area contributed by atoms with Crippen LogP contribution < -0.4 is 0 Å². The number of ketones is 1. The van der Waals surface area contributed by atoms with Crippen LogP contribution in [0.15, 0.2) is 35.2 Å². The maximum absolute atomic E-state index is 12.9. The molecule has 2 fully saturated rings. The molecule has 1 saturated carbocycles. The molecule has 1 aromatic rings. The summed E-state index contributed by atoms with van der Waals surface area (Å²) in [5.41, 5.74) is -1.07. The minimum absolute atomic E-state index is 0.0345. The van der Waals surface area contributed by atoms with E-state index in [9.17, 15) is 14.7 Å². The van der Waals surface area contributed by atoms with Crippen LogP contribution in [0.25, 0.3) is 0 Å². The van der Waals surface area contributed by atoms with Crippen LogP contribution in [0, 0.1) is 17.3 Å². The zero-order valence-electron chi connectivity index (χ0n) is 13.0. The Morgan fingerprint density at radius 1 is 1.35 bits per heavy atom. The van der Waals surface area contributed by atoms with Gasteiger partial charge in [0.25, 0.3) is 0 Å². The molecule has 0 amide bonds. The standard InChI is InChI=1S/C18H20O5/c1-11-2-5-17(21)6-3-13(19)8-15(17)18(11)9-14(23-16(18)20)12-4-7-22-10-12/h3-4,6-7,10-11,14-15,21H,2,5,8-9H2,1H3/t11-,14-,15+,17+,18-/m1/s1. The van der Waals surface area contributed by atoms with Gasteiger partial charge in [-0.25, -0.2) is 0 Å². The van der Waals surface area contributed by atoms with E-state index in [1.54, 1.807) is 24.7 Å². The van der Waals surface area contributed by atoms with E-state index in [4.69, 9.17) is 9.15 Å². The molecule has 3 aliphatic rings. The molecule has 5 atom stereocenters. The molecule has 1 aliphatic heterocycles. The molecule has 0 bridgehead atoms. The van der Waals surface area contributed by atoms with Crippen molar-refractivity contribution in [3.8, 4) is 0 Å². The first-order valence-corrected chi connectivity index (χ1v) is 8.13. The van der Waals surface area contributed by atoms with Crippen molar-refractivity contribution in [2.45, 2.75) is 44.3 Å². The molecule has 5 nitrogen and oxygen atoms in total. The van der Waals surface area contributed by atoms with Crippen molar-refractivity contribution >= 4 is 11.8 Å². The van der Waals surface area contributed by atoms with E-state index >= 15 is 0 Å². The third-order valence-electron chi connectivity index (χ3n) is 6.11. The van der Waals surface area contributed by atoms with Gasteiger partial charge in [-0.05, 0) is 37.0 Å². The molecule has 122 valence electrons. The minimum Gasteiger partial charge on any atom is -0.472 e. The lowest BCUT2D eigenvalue weighted by Crippen LogP contribution is -2.57. The fourth-order valence-electron chi connectivity index (χ4n) is 4.74. The number of ether oxygens (including phenoxy) is 1. The van der Waals surface area contributed by atoms with Crippen LogP contribution >= 0.6 is 0 Å². The van der Waals surface area contributed by atoms with Gasteiger partial charge in [0, 0.05) is 24.3 Å². The topological polar surface area (TPSA) is 76.7 Å². The van der Waals surface area contributed by atoms with Crippen molar-refractivity contribution in [1.82, 2.24) is 0 Å². The van der Waals surface area contributed by atoms with Gasteiger partial charge in [0.05, 0.1) is 23.5 Å². The molecule has 1 saturated heterocycles. The normalized spacial score (nSPS) is 42.8. The summed E-state index contributed by atoms with van der Waals surface area (Å²) >= 11 is 0. The number of esters is 1. The highest BCUT2D eigenvalue weighted by atomic mass is 16.6. The van der Waals surface area contributed by atoms with E-state index in [-0.39, 0.29) is 30.2 Å². The molecule has 23 heavy (non-hydrogen) atoms. The Morgan fingerprint density at radius 2 is 2.17 bits per heavy atom. The monoisotopic (exact) mass is 316 g/mol. The number of aliphatic hydroxyl groups is 1. The Morgan fingerprint density at radius 3 is 2.91 bits per heavy atom. The molecular weight excluding hydrogens is 296 g/mol. The molecule has 0 aromatic carbocycles. The number of cyclic esters (lactones) is 1. The maximum Gasteiger partial charge on any atom is 0.313 e. The molecule has 4 rings (SSSR count). The van der Waals surface area contributed by atoms with Crippen LogP contribution in [0.1, 0.15) is 44.3 Å². The van der Waals surface area contributed by atoms with Crippen molar-refractivity contribution in [2.24, 2.45) is 17.3 Å². The molecular formula is C18H20O5. The van der Waals surface area contributed by atoms with E-state index in [2.05, 4.69) is 0 Å². The number of furan rings is 1. The van der Waals surface area contributed by atoms with Crippen LogP contribution in [0.2, 0.25) is 0 Å². The average Bonchev–Trinajstić information content (AvgIpc) is 3.15. The van der Waals surface area contributed by atoms with Crippen LogP contribution in [0.4, 0.5) is 0 Å². The lowest BCUT2D eigenvalue weighted by molar-refractivity contribution is -0.169. The molecule has 1 aromatic heterocycles. The lowest BCUT2D eigenvalue weighted by atomic mass is 9.51. The summed E-state index contributed by atoms with van der Waals surface area (Å²) in [6, 6.07) is 1.79. The number of fused-ring (bicyclic) bond motifs is 2. The zero-order chi connectivity index (χ0) is 16.2. The lowest BCUT2D eigenvalue weighted by Gasteiger charge is -2.52. The first-order valence-electron chi connectivity index (χ1n) is 8.13. The van der Waals surface area contributed by atoms with Crippen molar-refractivity contribution < 1.29 is 23.8 Å². The van der Waals surface area contributed by atoms with E-state index in [0.29, 0.717) is 12.8 Å². The first kappa shape index (κ1) is 14.7.